The molecule has 0 bridgehead atoms. The quantitative estimate of drug-likeness (QED) is 0.363. The molecular weight excluding hydrogens is 467 g/mol. The Morgan fingerprint density at radius 2 is 1.59 bits per heavy atom. The second kappa shape index (κ2) is 9.18. The third-order valence-corrected chi connectivity index (χ3v) is 6.00. The van der Waals surface area contributed by atoms with Gasteiger partial charge in [-0.05, 0) is 41.1 Å². The van der Waals surface area contributed by atoms with Crippen LogP contribution in [-0.2, 0) is 17.5 Å². The molecule has 172 valence electrons. The second-order valence-corrected chi connectivity index (χ2v) is 8.43. The number of halogens is 3. The van der Waals surface area contributed by atoms with Crippen LogP contribution in [0.2, 0.25) is 0 Å². The Labute approximate surface area is 196 Å². The highest BCUT2D eigenvalue weighted by atomic mass is 32.2. The van der Waals surface area contributed by atoms with E-state index < -0.39 is 28.6 Å². The van der Waals surface area contributed by atoms with Crippen molar-refractivity contribution in [3.63, 3.8) is 0 Å². The zero-order chi connectivity index (χ0) is 24.5. The minimum atomic E-state index is -4.76. The molecule has 9 heteroatoms. The van der Waals surface area contributed by atoms with Crippen molar-refractivity contribution < 1.29 is 32.7 Å². The summed E-state index contributed by atoms with van der Waals surface area (Å²) in [7, 11) is 0. The number of hydrogen-bond donors (Lipinski definition) is 1. The number of nitrogens with zero attached hydrogens (tertiary/aromatic N) is 1. The standard InChI is InChI=1S/C25H16F3NO4S/c26-25(27,28)19-12-16(8-11-20(19)30)13-21-23(32)29(24(33)34-21)14-15-6-9-18(10-7-15)22(31)17-4-2-1-3-5-17/h1-13,30H,14H2/b21-13+. The summed E-state index contributed by atoms with van der Waals surface area (Å²) in [6.45, 7) is -0.0504. The lowest BCUT2D eigenvalue weighted by atomic mass is 10.0. The molecule has 2 amide bonds. The van der Waals surface area contributed by atoms with Gasteiger partial charge in [-0.1, -0.05) is 60.7 Å². The van der Waals surface area contributed by atoms with E-state index in [2.05, 4.69) is 0 Å². The molecule has 0 unspecified atom stereocenters. The lowest BCUT2D eigenvalue weighted by Crippen LogP contribution is -2.27. The maximum absolute atomic E-state index is 13.0. The number of amides is 2. The second-order valence-electron chi connectivity index (χ2n) is 7.43. The van der Waals surface area contributed by atoms with Crippen molar-refractivity contribution in [2.45, 2.75) is 12.7 Å². The maximum Gasteiger partial charge on any atom is 0.419 e. The summed E-state index contributed by atoms with van der Waals surface area (Å²) in [4.78, 5) is 38.6. The van der Waals surface area contributed by atoms with Crippen LogP contribution in [-0.4, -0.2) is 26.9 Å². The molecule has 0 aliphatic carbocycles. The van der Waals surface area contributed by atoms with Gasteiger partial charge in [0, 0.05) is 11.1 Å². The smallest absolute Gasteiger partial charge is 0.419 e. The Bertz CT molecular complexity index is 1300. The number of aromatic hydroxyl groups is 1. The lowest BCUT2D eigenvalue weighted by Gasteiger charge is -2.13. The van der Waals surface area contributed by atoms with Gasteiger partial charge in [0.25, 0.3) is 11.1 Å². The summed E-state index contributed by atoms with van der Waals surface area (Å²) in [5, 5.41) is 8.89. The van der Waals surface area contributed by atoms with Gasteiger partial charge < -0.3 is 5.11 Å². The number of carbonyl (C=O) groups excluding carboxylic acids is 3. The molecule has 5 nitrogen and oxygen atoms in total. The van der Waals surface area contributed by atoms with E-state index >= 15 is 0 Å². The lowest BCUT2D eigenvalue weighted by molar-refractivity contribution is -0.138. The van der Waals surface area contributed by atoms with E-state index in [1.807, 2.05) is 6.07 Å². The van der Waals surface area contributed by atoms with E-state index in [0.29, 0.717) is 34.5 Å². The summed E-state index contributed by atoms with van der Waals surface area (Å²) < 4.78 is 39.1. The molecule has 0 atom stereocenters. The zero-order valence-corrected chi connectivity index (χ0v) is 18.2. The Balaban J connectivity index is 1.50. The Morgan fingerprint density at radius 1 is 0.941 bits per heavy atom. The van der Waals surface area contributed by atoms with Gasteiger partial charge in [0.1, 0.15) is 5.75 Å². The number of benzene rings is 3. The van der Waals surface area contributed by atoms with Crippen LogP contribution in [0, 0.1) is 0 Å². The molecule has 3 aromatic rings. The molecule has 4 rings (SSSR count). The number of phenols is 1. The highest BCUT2D eigenvalue weighted by molar-refractivity contribution is 8.18. The van der Waals surface area contributed by atoms with Gasteiger partial charge in [-0.15, -0.1) is 0 Å². The molecule has 0 spiro atoms. The third kappa shape index (κ3) is 4.89. The number of rotatable bonds is 5. The fourth-order valence-electron chi connectivity index (χ4n) is 3.36. The third-order valence-electron chi connectivity index (χ3n) is 5.09. The first-order chi connectivity index (χ1) is 16.1. The average molecular weight is 483 g/mol. The molecule has 1 fully saturated rings. The number of alkyl halides is 3. The van der Waals surface area contributed by atoms with Crippen LogP contribution in [0.1, 0.15) is 32.6 Å². The van der Waals surface area contributed by atoms with Gasteiger partial charge in [0.15, 0.2) is 5.78 Å². The van der Waals surface area contributed by atoms with E-state index in [1.54, 1.807) is 48.5 Å². The van der Waals surface area contributed by atoms with E-state index in [1.165, 1.54) is 12.1 Å². The van der Waals surface area contributed by atoms with Crippen LogP contribution in [0.25, 0.3) is 6.08 Å². The normalized spacial score (nSPS) is 15.3. The van der Waals surface area contributed by atoms with Gasteiger partial charge in [0.2, 0.25) is 0 Å². The van der Waals surface area contributed by atoms with Crippen LogP contribution >= 0.6 is 11.8 Å². The van der Waals surface area contributed by atoms with Gasteiger partial charge in [-0.2, -0.15) is 13.2 Å². The first-order valence-electron chi connectivity index (χ1n) is 9.98. The molecule has 0 aromatic heterocycles. The molecule has 1 aliphatic heterocycles. The summed E-state index contributed by atoms with van der Waals surface area (Å²) in [6, 6.07) is 18.0. The Kier molecular flexibility index (Phi) is 6.30. The van der Waals surface area contributed by atoms with Crippen LogP contribution in [0.5, 0.6) is 5.75 Å². The number of carbonyl (C=O) groups is 3. The highest BCUT2D eigenvalue weighted by Gasteiger charge is 2.36. The SMILES string of the molecule is O=C(c1ccccc1)c1ccc(CN2C(=O)S/C(=C/c3ccc(O)c(C(F)(F)F)c3)C2=O)cc1. The summed E-state index contributed by atoms with van der Waals surface area (Å²) in [6.07, 6.45) is -3.58. The first kappa shape index (κ1) is 23.3. The number of hydrogen-bond acceptors (Lipinski definition) is 5. The van der Waals surface area contributed by atoms with Crippen LogP contribution in [0.4, 0.5) is 18.0 Å². The maximum atomic E-state index is 13.0. The van der Waals surface area contributed by atoms with Gasteiger partial charge in [-0.3, -0.25) is 19.3 Å². The number of imide groups is 1. The van der Waals surface area contributed by atoms with Crippen molar-refractivity contribution in [3.8, 4) is 5.75 Å². The molecule has 1 N–H and O–H groups in total. The van der Waals surface area contributed by atoms with Crippen molar-refractivity contribution >= 4 is 34.8 Å². The molecule has 1 saturated heterocycles. The number of thioether (sulfide) groups is 1. The molecule has 1 heterocycles. The van der Waals surface area contributed by atoms with E-state index in [9.17, 15) is 32.7 Å². The summed E-state index contributed by atoms with van der Waals surface area (Å²) in [5.41, 5.74) is 0.396. The predicted octanol–water partition coefficient (Wildman–Crippen LogP) is 5.88. The van der Waals surface area contributed by atoms with E-state index in [4.69, 9.17) is 0 Å². The molecular formula is C25H16F3NO4S. The molecule has 3 aromatic carbocycles. The first-order valence-corrected chi connectivity index (χ1v) is 10.8. The van der Waals surface area contributed by atoms with Crippen LogP contribution in [0.15, 0.2) is 77.7 Å². The predicted molar refractivity (Wildman–Crippen MR) is 121 cm³/mol. The van der Waals surface area contributed by atoms with Gasteiger partial charge in [0.05, 0.1) is 17.0 Å². The van der Waals surface area contributed by atoms with Crippen molar-refractivity contribution in [2.24, 2.45) is 0 Å². The van der Waals surface area contributed by atoms with E-state index in [-0.39, 0.29) is 22.8 Å². The minimum absolute atomic E-state index is 0.0272. The zero-order valence-electron chi connectivity index (χ0n) is 17.4. The summed E-state index contributed by atoms with van der Waals surface area (Å²) >= 11 is 0.619. The highest BCUT2D eigenvalue weighted by Crippen LogP contribution is 2.38. The average Bonchev–Trinajstić information content (AvgIpc) is 3.07. The van der Waals surface area contributed by atoms with Crippen molar-refractivity contribution in [2.75, 3.05) is 0 Å². The Morgan fingerprint density at radius 3 is 2.24 bits per heavy atom. The van der Waals surface area contributed by atoms with Crippen molar-refractivity contribution in [3.05, 3.63) is 106 Å². The van der Waals surface area contributed by atoms with Gasteiger partial charge >= 0.3 is 6.18 Å². The Hall–Kier alpha value is -3.85. The number of phenolic OH excluding ortho intramolecular Hbond substituents is 1. The number of ketones is 1. The topological polar surface area (TPSA) is 74.7 Å². The summed E-state index contributed by atoms with van der Waals surface area (Å²) in [5.74, 6) is -1.72. The van der Waals surface area contributed by atoms with Crippen molar-refractivity contribution in [1.82, 2.24) is 4.90 Å². The van der Waals surface area contributed by atoms with Crippen molar-refractivity contribution in [1.29, 1.82) is 0 Å². The van der Waals surface area contributed by atoms with Crippen LogP contribution < -0.4 is 0 Å². The fourth-order valence-corrected chi connectivity index (χ4v) is 4.20. The van der Waals surface area contributed by atoms with Gasteiger partial charge in [-0.25, -0.2) is 0 Å². The largest absolute Gasteiger partial charge is 0.507 e. The molecule has 0 radical (unpaired) electrons. The fraction of sp³-hybridized carbons (Fsp3) is 0.0800. The molecule has 1 aliphatic rings. The van der Waals surface area contributed by atoms with Crippen LogP contribution in [0.3, 0.4) is 0 Å². The molecule has 34 heavy (non-hydrogen) atoms. The van der Waals surface area contributed by atoms with E-state index in [0.717, 1.165) is 11.0 Å². The monoisotopic (exact) mass is 483 g/mol. The minimum Gasteiger partial charge on any atom is -0.507 e. The molecule has 0 saturated carbocycles.